The van der Waals surface area contributed by atoms with Crippen molar-refractivity contribution in [2.24, 2.45) is 5.18 Å². The van der Waals surface area contributed by atoms with Crippen molar-refractivity contribution < 1.29 is 5.11 Å². The normalized spacial score (nSPS) is 9.55. The fourth-order valence-corrected chi connectivity index (χ4v) is 1.31. The van der Waals surface area contributed by atoms with Gasteiger partial charge in [0.2, 0.25) is 0 Å². The Morgan fingerprint density at radius 2 is 2.27 bits per heavy atom. The SMILES string of the molecule is O=NCc1cc(I)ccc1O. The van der Waals surface area contributed by atoms with E-state index in [-0.39, 0.29) is 12.3 Å². The Morgan fingerprint density at radius 3 is 2.91 bits per heavy atom. The van der Waals surface area contributed by atoms with Gasteiger partial charge in [-0.2, -0.15) is 4.91 Å². The Kier molecular flexibility index (Phi) is 2.81. The molecule has 0 fully saturated rings. The highest BCUT2D eigenvalue weighted by Crippen LogP contribution is 2.19. The van der Waals surface area contributed by atoms with Crippen LogP contribution in [0.5, 0.6) is 5.75 Å². The Balaban J connectivity index is 3.01. The van der Waals surface area contributed by atoms with Crippen molar-refractivity contribution in [3.05, 3.63) is 32.2 Å². The van der Waals surface area contributed by atoms with E-state index in [1.165, 1.54) is 0 Å². The molecule has 0 heterocycles. The van der Waals surface area contributed by atoms with Gasteiger partial charge in [-0.25, -0.2) is 0 Å². The molecule has 0 unspecified atom stereocenters. The van der Waals surface area contributed by atoms with E-state index in [4.69, 9.17) is 5.11 Å². The number of benzene rings is 1. The van der Waals surface area contributed by atoms with Crippen molar-refractivity contribution in [1.29, 1.82) is 0 Å². The molecule has 11 heavy (non-hydrogen) atoms. The molecule has 3 nitrogen and oxygen atoms in total. The van der Waals surface area contributed by atoms with Crippen LogP contribution >= 0.6 is 22.6 Å². The summed E-state index contributed by atoms with van der Waals surface area (Å²) in [4.78, 5) is 9.87. The second-order valence-electron chi connectivity index (χ2n) is 2.06. The largest absolute Gasteiger partial charge is 0.508 e. The highest BCUT2D eigenvalue weighted by Gasteiger charge is 2.00. The first kappa shape index (κ1) is 8.45. The van der Waals surface area contributed by atoms with Crippen molar-refractivity contribution in [2.45, 2.75) is 6.54 Å². The van der Waals surface area contributed by atoms with E-state index in [9.17, 15) is 4.91 Å². The highest BCUT2D eigenvalue weighted by atomic mass is 127. The molecule has 0 amide bonds. The molecule has 58 valence electrons. The second kappa shape index (κ2) is 3.66. The first-order valence-corrected chi connectivity index (χ1v) is 4.08. The number of phenols is 1. The summed E-state index contributed by atoms with van der Waals surface area (Å²) in [5, 5.41) is 11.9. The number of halogens is 1. The predicted octanol–water partition coefficient (Wildman–Crippen LogP) is 2.26. The molecule has 0 aliphatic carbocycles. The van der Waals surface area contributed by atoms with Gasteiger partial charge in [-0.05, 0) is 40.8 Å². The summed E-state index contributed by atoms with van der Waals surface area (Å²) in [5.74, 6) is 0.130. The van der Waals surface area contributed by atoms with Gasteiger partial charge in [-0.1, -0.05) is 5.18 Å². The summed E-state index contributed by atoms with van der Waals surface area (Å²) < 4.78 is 0.985. The molecular formula is C7H6INO2. The van der Waals surface area contributed by atoms with Gasteiger partial charge < -0.3 is 5.11 Å². The van der Waals surface area contributed by atoms with Crippen LogP contribution in [0.1, 0.15) is 5.56 Å². The molecule has 0 saturated heterocycles. The molecule has 4 heteroatoms. The molecular weight excluding hydrogens is 257 g/mol. The third-order valence-corrected chi connectivity index (χ3v) is 1.95. The molecule has 0 bridgehead atoms. The molecule has 0 saturated carbocycles. The lowest BCUT2D eigenvalue weighted by molar-refractivity contribution is 0.468. The first-order valence-electron chi connectivity index (χ1n) is 3.00. The van der Waals surface area contributed by atoms with E-state index in [0.717, 1.165) is 3.57 Å². The number of hydrogen-bond acceptors (Lipinski definition) is 3. The lowest BCUT2D eigenvalue weighted by Crippen LogP contribution is -1.82. The minimum atomic E-state index is 0.0304. The molecule has 1 aromatic rings. The van der Waals surface area contributed by atoms with Gasteiger partial charge in [0.1, 0.15) is 12.3 Å². The van der Waals surface area contributed by atoms with Crippen LogP contribution in [0.2, 0.25) is 0 Å². The van der Waals surface area contributed by atoms with Crippen LogP contribution in [-0.4, -0.2) is 5.11 Å². The Hall–Kier alpha value is -0.650. The van der Waals surface area contributed by atoms with Crippen LogP contribution in [0.3, 0.4) is 0 Å². The monoisotopic (exact) mass is 263 g/mol. The number of nitrogens with zero attached hydrogens (tertiary/aromatic N) is 1. The van der Waals surface area contributed by atoms with E-state index in [0.29, 0.717) is 5.56 Å². The molecule has 0 aliphatic heterocycles. The first-order chi connectivity index (χ1) is 5.24. The maximum Gasteiger partial charge on any atom is 0.120 e. The van der Waals surface area contributed by atoms with E-state index < -0.39 is 0 Å². The number of hydrogen-bond donors (Lipinski definition) is 1. The maximum absolute atomic E-state index is 9.87. The second-order valence-corrected chi connectivity index (χ2v) is 3.31. The lowest BCUT2D eigenvalue weighted by Gasteiger charge is -1.98. The zero-order valence-corrected chi connectivity index (χ0v) is 7.78. The minimum absolute atomic E-state index is 0.0304. The van der Waals surface area contributed by atoms with Crippen molar-refractivity contribution in [1.82, 2.24) is 0 Å². The zero-order valence-electron chi connectivity index (χ0n) is 5.62. The van der Waals surface area contributed by atoms with Gasteiger partial charge in [0.25, 0.3) is 0 Å². The van der Waals surface area contributed by atoms with E-state index in [2.05, 4.69) is 27.8 Å². The Morgan fingerprint density at radius 1 is 1.55 bits per heavy atom. The van der Waals surface area contributed by atoms with Crippen LogP contribution < -0.4 is 0 Å². The van der Waals surface area contributed by atoms with Crippen LogP contribution in [0.4, 0.5) is 0 Å². The standard InChI is InChI=1S/C7H6INO2/c8-6-1-2-7(10)5(3-6)4-9-11/h1-3,10H,4H2. The summed E-state index contributed by atoms with van der Waals surface area (Å²) in [6.07, 6.45) is 0. The third kappa shape index (κ3) is 2.14. The van der Waals surface area contributed by atoms with Crippen molar-refractivity contribution in [2.75, 3.05) is 0 Å². The molecule has 1 aromatic carbocycles. The third-order valence-electron chi connectivity index (χ3n) is 1.28. The fraction of sp³-hybridized carbons (Fsp3) is 0.143. The zero-order chi connectivity index (χ0) is 8.27. The molecule has 0 radical (unpaired) electrons. The summed E-state index contributed by atoms with van der Waals surface area (Å²) in [6, 6.07) is 5.06. The van der Waals surface area contributed by atoms with Gasteiger partial charge in [0, 0.05) is 9.13 Å². The molecule has 0 aliphatic rings. The molecule has 0 aromatic heterocycles. The minimum Gasteiger partial charge on any atom is -0.508 e. The van der Waals surface area contributed by atoms with E-state index >= 15 is 0 Å². The molecule has 0 spiro atoms. The average Bonchev–Trinajstić information content (AvgIpc) is 1.98. The summed E-state index contributed by atoms with van der Waals surface area (Å²) in [7, 11) is 0. The number of nitroso groups, excluding NO2 is 1. The van der Waals surface area contributed by atoms with E-state index in [1.54, 1.807) is 18.2 Å². The van der Waals surface area contributed by atoms with Crippen molar-refractivity contribution >= 4 is 22.6 Å². The molecule has 1 N–H and O–H groups in total. The van der Waals surface area contributed by atoms with Gasteiger partial charge in [-0.15, -0.1) is 0 Å². The number of aromatic hydroxyl groups is 1. The lowest BCUT2D eigenvalue weighted by atomic mass is 10.2. The van der Waals surface area contributed by atoms with Gasteiger partial charge in [0.15, 0.2) is 0 Å². The Labute approximate surface area is 77.5 Å². The highest BCUT2D eigenvalue weighted by molar-refractivity contribution is 14.1. The fourth-order valence-electron chi connectivity index (χ4n) is 0.750. The van der Waals surface area contributed by atoms with Crippen molar-refractivity contribution in [3.8, 4) is 5.75 Å². The molecule has 1 rings (SSSR count). The van der Waals surface area contributed by atoms with Crippen LogP contribution in [0, 0.1) is 8.48 Å². The van der Waals surface area contributed by atoms with Crippen molar-refractivity contribution in [3.63, 3.8) is 0 Å². The van der Waals surface area contributed by atoms with Gasteiger partial charge in [-0.3, -0.25) is 0 Å². The van der Waals surface area contributed by atoms with Crippen LogP contribution in [-0.2, 0) is 6.54 Å². The molecule has 0 atom stereocenters. The summed E-state index contributed by atoms with van der Waals surface area (Å²) in [6.45, 7) is 0.0304. The van der Waals surface area contributed by atoms with Gasteiger partial charge in [0.05, 0.1) is 0 Å². The van der Waals surface area contributed by atoms with Crippen LogP contribution in [0.25, 0.3) is 0 Å². The predicted molar refractivity (Wildman–Crippen MR) is 50.3 cm³/mol. The number of rotatable bonds is 2. The average molecular weight is 263 g/mol. The smallest absolute Gasteiger partial charge is 0.120 e. The summed E-state index contributed by atoms with van der Waals surface area (Å²) >= 11 is 2.11. The van der Waals surface area contributed by atoms with Crippen LogP contribution in [0.15, 0.2) is 23.4 Å². The topological polar surface area (TPSA) is 49.7 Å². The van der Waals surface area contributed by atoms with Gasteiger partial charge >= 0.3 is 0 Å². The quantitative estimate of drug-likeness (QED) is 0.657. The van der Waals surface area contributed by atoms with E-state index in [1.807, 2.05) is 0 Å². The summed E-state index contributed by atoms with van der Waals surface area (Å²) in [5.41, 5.74) is 0.576. The Bertz CT molecular complexity index is 275. The maximum atomic E-state index is 9.87. The number of phenolic OH excluding ortho intramolecular Hbond substituents is 1.